The van der Waals surface area contributed by atoms with Crippen molar-refractivity contribution in [1.82, 2.24) is 9.82 Å². The van der Waals surface area contributed by atoms with Gasteiger partial charge in [-0.15, -0.1) is 0 Å². The molecule has 1 aromatic carbocycles. The van der Waals surface area contributed by atoms with Crippen LogP contribution in [0.4, 0.5) is 0 Å². The van der Waals surface area contributed by atoms with E-state index in [-0.39, 0.29) is 5.56 Å². The topological polar surface area (TPSA) is 80.0 Å². The van der Waals surface area contributed by atoms with Crippen LogP contribution >= 0.6 is 0 Å². The first-order chi connectivity index (χ1) is 9.62. The number of nitrogens with one attached hydrogen (secondary N) is 1. The molecule has 0 aliphatic heterocycles. The monoisotopic (exact) mass is 308 g/mol. The summed E-state index contributed by atoms with van der Waals surface area (Å²) in [5, 5.41) is 4.86. The van der Waals surface area contributed by atoms with Crippen LogP contribution in [0.3, 0.4) is 0 Å². The molecule has 0 saturated carbocycles. The van der Waals surface area contributed by atoms with Gasteiger partial charge in [0.2, 0.25) is 16.2 Å². The third kappa shape index (κ3) is 3.02. The van der Waals surface area contributed by atoms with Gasteiger partial charge < -0.3 is 0 Å². The average Bonchev–Trinajstić information content (AvgIpc) is 2.35. The fourth-order valence-electron chi connectivity index (χ4n) is 1.75. The number of rotatable bonds is 2. The maximum Gasteiger partial charge on any atom is 0.271 e. The molecular formula is C14H18N3O3S+. The van der Waals surface area contributed by atoms with Crippen molar-refractivity contribution in [2.75, 3.05) is 0 Å². The number of hydrogen-bond acceptors (Lipinski definition) is 4. The average molecular weight is 308 g/mol. The Morgan fingerprint density at radius 2 is 1.86 bits per heavy atom. The number of nitrogens with zero attached hydrogens (tertiary/aromatic N) is 2. The molecule has 1 amide bonds. The molecule has 0 aliphatic carbocycles. The number of hydrogen-bond donors (Lipinski definition) is 1. The predicted molar refractivity (Wildman–Crippen MR) is 79.1 cm³/mol. The van der Waals surface area contributed by atoms with Gasteiger partial charge in [0.25, 0.3) is 5.91 Å². The number of benzene rings is 1. The smallest absolute Gasteiger partial charge is 0.268 e. The molecule has 0 radical (unpaired) electrons. The molecule has 1 aromatic heterocycles. The largest absolute Gasteiger partial charge is 0.271 e. The lowest BCUT2D eigenvalue weighted by Gasteiger charge is -2.19. The molecule has 2 rings (SSSR count). The van der Waals surface area contributed by atoms with Gasteiger partial charge in [-0.2, -0.15) is 0 Å². The van der Waals surface area contributed by atoms with E-state index in [4.69, 9.17) is 0 Å². The number of carbonyl (C=O) groups excluding carboxylic acids is 1. The Kier molecular flexibility index (Phi) is 3.71. The van der Waals surface area contributed by atoms with Gasteiger partial charge in [-0.3, -0.25) is 4.79 Å². The second-order valence-corrected chi connectivity index (χ2v) is 8.22. The molecule has 6 nitrogen and oxygen atoms in total. The van der Waals surface area contributed by atoms with Crippen LogP contribution in [0, 0.1) is 0 Å². The van der Waals surface area contributed by atoms with Crippen LogP contribution in [0.1, 0.15) is 31.1 Å². The summed E-state index contributed by atoms with van der Waals surface area (Å²) >= 11 is 0. The maximum atomic E-state index is 12.3. The van der Waals surface area contributed by atoms with E-state index in [1.807, 2.05) is 6.07 Å². The lowest BCUT2D eigenvalue weighted by molar-refractivity contribution is -0.728. The quantitative estimate of drug-likeness (QED) is 0.837. The highest BCUT2D eigenvalue weighted by Crippen LogP contribution is 2.17. The van der Waals surface area contributed by atoms with Gasteiger partial charge in [0.1, 0.15) is 11.1 Å². The van der Waals surface area contributed by atoms with E-state index in [9.17, 15) is 13.2 Å². The highest BCUT2D eigenvalue weighted by Gasteiger charge is 2.32. The Balaban J connectivity index is 2.50. The van der Waals surface area contributed by atoms with Crippen molar-refractivity contribution in [1.29, 1.82) is 0 Å². The molecule has 21 heavy (non-hydrogen) atoms. The van der Waals surface area contributed by atoms with Crippen LogP contribution < -0.4 is 9.40 Å². The highest BCUT2D eigenvalue weighted by molar-refractivity contribution is 7.91. The van der Waals surface area contributed by atoms with E-state index in [0.29, 0.717) is 10.9 Å². The number of fused-ring (bicyclic) bond motifs is 1. The predicted octanol–water partition coefficient (Wildman–Crippen LogP) is 0.917. The third-order valence-corrected chi connectivity index (χ3v) is 5.12. The molecule has 112 valence electrons. The zero-order chi connectivity index (χ0) is 15.8. The van der Waals surface area contributed by atoms with E-state index in [0.717, 1.165) is 0 Å². The number of amides is 1. The van der Waals surface area contributed by atoms with E-state index >= 15 is 0 Å². The minimum Gasteiger partial charge on any atom is -0.268 e. The summed E-state index contributed by atoms with van der Waals surface area (Å²) < 4.78 is 26.8. The van der Waals surface area contributed by atoms with Crippen molar-refractivity contribution in [3.63, 3.8) is 0 Å². The van der Waals surface area contributed by atoms with Crippen molar-refractivity contribution >= 4 is 26.8 Å². The summed E-state index contributed by atoms with van der Waals surface area (Å²) in [5.41, 5.74) is 0.900. The number of carbonyl (C=O) groups is 1. The van der Waals surface area contributed by atoms with Gasteiger partial charge in [0.05, 0.1) is 4.75 Å². The second kappa shape index (κ2) is 5.07. The van der Waals surface area contributed by atoms with E-state index in [1.54, 1.807) is 25.2 Å². The van der Waals surface area contributed by atoms with E-state index in [1.165, 1.54) is 31.6 Å². The van der Waals surface area contributed by atoms with Gasteiger partial charge in [-0.1, -0.05) is 22.9 Å². The van der Waals surface area contributed by atoms with Gasteiger partial charge in [-0.25, -0.2) is 13.1 Å². The van der Waals surface area contributed by atoms with Gasteiger partial charge >= 0.3 is 0 Å². The summed E-state index contributed by atoms with van der Waals surface area (Å²) in [6, 6.07) is 7.09. The first-order valence-electron chi connectivity index (χ1n) is 6.44. The third-order valence-electron chi connectivity index (χ3n) is 3.05. The van der Waals surface area contributed by atoms with E-state index in [2.05, 4.69) is 9.82 Å². The summed E-state index contributed by atoms with van der Waals surface area (Å²) in [7, 11) is -2.07. The van der Waals surface area contributed by atoms with Crippen LogP contribution in [-0.4, -0.2) is 24.2 Å². The van der Waals surface area contributed by atoms with Gasteiger partial charge in [-0.05, 0) is 31.9 Å². The number of sulfonamides is 1. The Bertz CT molecular complexity index is 808. The molecule has 0 unspecified atom stereocenters. The first-order valence-corrected chi connectivity index (χ1v) is 7.92. The molecule has 7 heteroatoms. The van der Waals surface area contributed by atoms with Crippen LogP contribution in [0.2, 0.25) is 0 Å². The molecule has 2 aromatic rings. The fourth-order valence-corrected chi connectivity index (χ4v) is 2.42. The molecule has 0 saturated heterocycles. The van der Waals surface area contributed by atoms with Crippen molar-refractivity contribution < 1.29 is 17.9 Å². The van der Waals surface area contributed by atoms with Crippen molar-refractivity contribution in [2.24, 2.45) is 7.05 Å². The minimum atomic E-state index is -3.76. The maximum absolute atomic E-state index is 12.3. The zero-order valence-electron chi connectivity index (χ0n) is 12.4. The van der Waals surface area contributed by atoms with Crippen LogP contribution in [0.15, 0.2) is 30.5 Å². The van der Waals surface area contributed by atoms with Gasteiger partial charge in [0, 0.05) is 5.39 Å². The summed E-state index contributed by atoms with van der Waals surface area (Å²) in [4.78, 5) is 12.3. The molecule has 0 spiro atoms. The molecular weight excluding hydrogens is 290 g/mol. The first kappa shape index (κ1) is 15.4. The summed E-state index contributed by atoms with van der Waals surface area (Å²) in [6.45, 7) is 4.60. The second-order valence-electron chi connectivity index (χ2n) is 5.78. The lowest BCUT2D eigenvalue weighted by atomic mass is 10.1. The molecule has 0 fully saturated rings. The normalized spacial score (nSPS) is 12.4. The Labute approximate surface area is 123 Å². The van der Waals surface area contributed by atoms with Crippen molar-refractivity contribution in [3.8, 4) is 0 Å². The summed E-state index contributed by atoms with van der Waals surface area (Å²) in [6.07, 6.45) is 1.51. The number of aromatic nitrogens is 2. The zero-order valence-corrected chi connectivity index (χ0v) is 13.2. The standard InChI is InChI=1S/C14H17N3O3S/c1-14(2,3)21(19,20)16-13(18)11-9-17(4)15-12-8-6-5-7-10(11)12/h5-9H,1-4H3/p+1. The van der Waals surface area contributed by atoms with Gasteiger partial charge in [0.15, 0.2) is 7.05 Å². The number of aryl methyl sites for hydroxylation is 1. The Morgan fingerprint density at radius 3 is 2.48 bits per heavy atom. The SMILES string of the molecule is C[n+]1cc(C(=O)NS(=O)(=O)C(C)(C)C)c2ccccc2n1. The highest BCUT2D eigenvalue weighted by atomic mass is 32.2. The molecule has 0 atom stereocenters. The summed E-state index contributed by atoms with van der Waals surface area (Å²) in [5.74, 6) is -0.654. The van der Waals surface area contributed by atoms with Crippen LogP contribution in [0.5, 0.6) is 0 Å². The van der Waals surface area contributed by atoms with Crippen molar-refractivity contribution in [2.45, 2.75) is 25.5 Å². The Hall–Kier alpha value is -2.02. The van der Waals surface area contributed by atoms with E-state index < -0.39 is 20.7 Å². The molecule has 0 bridgehead atoms. The molecule has 1 heterocycles. The lowest BCUT2D eigenvalue weighted by Crippen LogP contribution is -2.43. The minimum absolute atomic E-state index is 0.274. The van der Waals surface area contributed by atoms with Crippen LogP contribution in [0.25, 0.3) is 10.9 Å². The fraction of sp³-hybridized carbons (Fsp3) is 0.357. The van der Waals surface area contributed by atoms with Crippen LogP contribution in [-0.2, 0) is 17.1 Å². The molecule has 0 aliphatic rings. The molecule has 1 N–H and O–H groups in total. The Morgan fingerprint density at radius 1 is 1.24 bits per heavy atom. The van der Waals surface area contributed by atoms with Crippen molar-refractivity contribution in [3.05, 3.63) is 36.0 Å².